The summed E-state index contributed by atoms with van der Waals surface area (Å²) < 4.78 is 12.4. The highest BCUT2D eigenvalue weighted by molar-refractivity contribution is 5.97. The van der Waals surface area contributed by atoms with Crippen LogP contribution in [0.15, 0.2) is 54.7 Å². The number of carbonyl (C=O) groups is 2. The lowest BCUT2D eigenvalue weighted by atomic mass is 9.91. The fourth-order valence-corrected chi connectivity index (χ4v) is 5.28. The van der Waals surface area contributed by atoms with Gasteiger partial charge >= 0.3 is 6.09 Å². The molecule has 6 rings (SSSR count). The highest BCUT2D eigenvalue weighted by Gasteiger charge is 2.40. The molecule has 1 heterocycles. The van der Waals surface area contributed by atoms with Crippen molar-refractivity contribution in [2.75, 3.05) is 7.11 Å². The highest BCUT2D eigenvalue weighted by Crippen LogP contribution is 2.42. The third-order valence-corrected chi connectivity index (χ3v) is 7.51. The van der Waals surface area contributed by atoms with Crippen molar-refractivity contribution in [1.29, 1.82) is 0 Å². The fraction of sp³-hybridized carbons (Fsp3) is 0.414. The van der Waals surface area contributed by atoms with Gasteiger partial charge in [0.15, 0.2) is 0 Å². The first kappa shape index (κ1) is 22.8. The third kappa shape index (κ3) is 4.62. The van der Waals surface area contributed by atoms with Crippen molar-refractivity contribution in [3.05, 3.63) is 82.7 Å². The Morgan fingerprint density at radius 3 is 2.56 bits per heavy atom. The minimum Gasteiger partial charge on any atom is -0.496 e. The average Bonchev–Trinajstić information content (AvgIpc) is 3.85. The molecule has 3 aromatic rings. The van der Waals surface area contributed by atoms with Gasteiger partial charge in [-0.05, 0) is 79.7 Å². The van der Waals surface area contributed by atoms with Crippen molar-refractivity contribution in [2.24, 2.45) is 0 Å². The van der Waals surface area contributed by atoms with E-state index in [-0.39, 0.29) is 24.6 Å². The van der Waals surface area contributed by atoms with E-state index in [0.717, 1.165) is 42.5 Å². The predicted molar refractivity (Wildman–Crippen MR) is 134 cm³/mol. The lowest BCUT2D eigenvalue weighted by molar-refractivity contribution is 0.0639. The highest BCUT2D eigenvalue weighted by atomic mass is 16.6. The second kappa shape index (κ2) is 9.45. The third-order valence-electron chi connectivity index (χ3n) is 7.51. The Hall–Kier alpha value is -3.61. The van der Waals surface area contributed by atoms with Gasteiger partial charge in [0.25, 0.3) is 5.91 Å². The number of amides is 1. The number of hydrogen-bond donors (Lipinski definition) is 0. The van der Waals surface area contributed by atoms with Gasteiger partial charge in [0.2, 0.25) is 0 Å². The molecule has 0 aliphatic heterocycles. The van der Waals surface area contributed by atoms with E-state index in [0.29, 0.717) is 23.7 Å². The number of aryl methyl sites for hydroxylation is 1. The smallest absolute Gasteiger partial charge is 0.435 e. The summed E-state index contributed by atoms with van der Waals surface area (Å²) in [7, 11) is 1.64. The van der Waals surface area contributed by atoms with Crippen LogP contribution in [0.5, 0.6) is 5.75 Å². The average molecular weight is 486 g/mol. The summed E-state index contributed by atoms with van der Waals surface area (Å²) in [5.41, 5.74) is 4.76. The lowest BCUT2D eigenvalue weighted by Crippen LogP contribution is -2.45. The maximum absolute atomic E-state index is 13.8. The topological polar surface area (TPSA) is 73.7 Å². The number of benzene rings is 2. The zero-order valence-electron chi connectivity index (χ0n) is 20.6. The zero-order valence-corrected chi connectivity index (χ0v) is 20.6. The Kier molecular flexibility index (Phi) is 5.99. The molecule has 36 heavy (non-hydrogen) atoms. The first-order valence-electron chi connectivity index (χ1n) is 12.9. The molecule has 0 saturated heterocycles. The molecule has 2 aromatic carbocycles. The minimum absolute atomic E-state index is 0.0415. The normalized spacial score (nSPS) is 18.9. The van der Waals surface area contributed by atoms with Gasteiger partial charge in [-0.15, -0.1) is 0 Å². The number of aromatic nitrogens is 2. The van der Waals surface area contributed by atoms with E-state index >= 15 is 0 Å². The van der Waals surface area contributed by atoms with Crippen LogP contribution in [0, 0.1) is 0 Å². The maximum atomic E-state index is 13.8. The van der Waals surface area contributed by atoms with Gasteiger partial charge in [-0.2, -0.15) is 9.78 Å². The van der Waals surface area contributed by atoms with E-state index in [2.05, 4.69) is 16.1 Å². The number of methoxy groups -OCH3 is 1. The largest absolute Gasteiger partial charge is 0.496 e. The molecule has 7 nitrogen and oxygen atoms in total. The van der Waals surface area contributed by atoms with Gasteiger partial charge in [0, 0.05) is 18.3 Å². The molecular weight excluding hydrogens is 454 g/mol. The standard InChI is InChI=1S/C29H31N3O4/c1-35-27-16-21(20-7-8-20)9-13-25(27)28(33)32(23-10-11-23)24-12-14-26-22(15-24)17-31(30-26)29(34)36-18-19-5-3-2-4-6-19/h2-6,9,13,16-17,20,23-24H,7-8,10-12,14-15,18H2,1H3. The number of ether oxygens (including phenoxy) is 2. The van der Waals surface area contributed by atoms with Crippen LogP contribution >= 0.6 is 0 Å². The number of hydrogen-bond acceptors (Lipinski definition) is 5. The molecule has 2 fully saturated rings. The summed E-state index contributed by atoms with van der Waals surface area (Å²) in [6.07, 6.45) is 8.01. The Bertz CT molecular complexity index is 1280. The van der Waals surface area contributed by atoms with Gasteiger partial charge in [-0.25, -0.2) is 4.79 Å². The molecule has 186 valence electrons. The van der Waals surface area contributed by atoms with E-state index in [1.165, 1.54) is 23.1 Å². The van der Waals surface area contributed by atoms with Gasteiger partial charge in [0.05, 0.1) is 18.4 Å². The van der Waals surface area contributed by atoms with Gasteiger partial charge in [-0.1, -0.05) is 36.4 Å². The molecule has 0 radical (unpaired) electrons. The number of fused-ring (bicyclic) bond motifs is 1. The molecule has 1 aromatic heterocycles. The van der Waals surface area contributed by atoms with Crippen LogP contribution in [0.3, 0.4) is 0 Å². The SMILES string of the molecule is COc1cc(C2CC2)ccc1C(=O)N(C1CC1)C1CCc2nn(C(=O)OCc3ccccc3)cc2C1. The second-order valence-electron chi connectivity index (χ2n) is 10.2. The number of rotatable bonds is 7. The van der Waals surface area contributed by atoms with Gasteiger partial charge in [0.1, 0.15) is 12.4 Å². The Balaban J connectivity index is 1.17. The van der Waals surface area contributed by atoms with Crippen LogP contribution in [0.1, 0.15) is 70.8 Å². The molecule has 0 N–H and O–H groups in total. The molecule has 0 bridgehead atoms. The molecule has 3 aliphatic carbocycles. The van der Waals surface area contributed by atoms with Crippen molar-refractivity contribution in [3.63, 3.8) is 0 Å². The van der Waals surface area contributed by atoms with Crippen LogP contribution in [-0.2, 0) is 24.2 Å². The van der Waals surface area contributed by atoms with Gasteiger partial charge in [-0.3, -0.25) is 4.79 Å². The van der Waals surface area contributed by atoms with Crippen LogP contribution in [0.2, 0.25) is 0 Å². The van der Waals surface area contributed by atoms with Crippen LogP contribution in [-0.4, -0.2) is 45.9 Å². The molecule has 7 heteroatoms. The first-order chi connectivity index (χ1) is 17.6. The van der Waals surface area contributed by atoms with Crippen molar-refractivity contribution in [3.8, 4) is 5.75 Å². The Labute approximate surface area is 211 Å². The van der Waals surface area contributed by atoms with Gasteiger partial charge < -0.3 is 14.4 Å². The van der Waals surface area contributed by atoms with Crippen molar-refractivity contribution in [2.45, 2.75) is 69.6 Å². The molecule has 1 unspecified atom stereocenters. The van der Waals surface area contributed by atoms with E-state index in [1.54, 1.807) is 13.3 Å². The van der Waals surface area contributed by atoms with E-state index in [9.17, 15) is 9.59 Å². The Morgan fingerprint density at radius 2 is 1.83 bits per heavy atom. The van der Waals surface area contributed by atoms with E-state index < -0.39 is 6.09 Å². The molecule has 1 atom stereocenters. The molecule has 1 amide bonds. The van der Waals surface area contributed by atoms with Crippen LogP contribution < -0.4 is 4.74 Å². The van der Waals surface area contributed by atoms with Crippen molar-refractivity contribution < 1.29 is 19.1 Å². The summed E-state index contributed by atoms with van der Waals surface area (Å²) in [5, 5.41) is 4.50. The predicted octanol–water partition coefficient (Wildman–Crippen LogP) is 5.12. The molecular formula is C29H31N3O4. The maximum Gasteiger partial charge on any atom is 0.435 e. The fourth-order valence-electron chi connectivity index (χ4n) is 5.28. The quantitative estimate of drug-likeness (QED) is 0.465. The zero-order chi connectivity index (χ0) is 24.6. The second-order valence-corrected chi connectivity index (χ2v) is 10.2. The number of nitrogens with zero attached hydrogens (tertiary/aromatic N) is 3. The van der Waals surface area contributed by atoms with Crippen LogP contribution in [0.25, 0.3) is 0 Å². The number of carbonyl (C=O) groups excluding carboxylic acids is 2. The monoisotopic (exact) mass is 485 g/mol. The summed E-state index contributed by atoms with van der Waals surface area (Å²) in [6, 6.07) is 16.0. The van der Waals surface area contributed by atoms with Crippen LogP contribution in [0.4, 0.5) is 4.79 Å². The molecule has 3 aliphatic rings. The molecule has 2 saturated carbocycles. The van der Waals surface area contributed by atoms with Crippen molar-refractivity contribution >= 4 is 12.0 Å². The van der Waals surface area contributed by atoms with Crippen molar-refractivity contribution in [1.82, 2.24) is 14.7 Å². The lowest BCUT2D eigenvalue weighted by Gasteiger charge is -2.34. The first-order valence-corrected chi connectivity index (χ1v) is 12.9. The summed E-state index contributed by atoms with van der Waals surface area (Å²) >= 11 is 0. The molecule has 0 spiro atoms. The Morgan fingerprint density at radius 1 is 1.03 bits per heavy atom. The van der Waals surface area contributed by atoms with E-state index in [4.69, 9.17) is 9.47 Å². The minimum atomic E-state index is -0.486. The van der Waals surface area contributed by atoms with E-state index in [1.807, 2.05) is 42.5 Å². The summed E-state index contributed by atoms with van der Waals surface area (Å²) in [6.45, 7) is 0.207. The summed E-state index contributed by atoms with van der Waals surface area (Å²) in [5.74, 6) is 1.32. The summed E-state index contributed by atoms with van der Waals surface area (Å²) in [4.78, 5) is 28.5.